The maximum absolute atomic E-state index is 13.7. The molecule has 0 aliphatic carbocycles. The first-order valence-electron chi connectivity index (χ1n) is 8.58. The summed E-state index contributed by atoms with van der Waals surface area (Å²) in [4.78, 5) is 17.1. The highest BCUT2D eigenvalue weighted by molar-refractivity contribution is 5.97. The van der Waals surface area contributed by atoms with Crippen molar-refractivity contribution in [3.05, 3.63) is 66.4 Å². The molecule has 0 saturated carbocycles. The Bertz CT molecular complexity index is 910. The average Bonchev–Trinajstić information content (AvgIpc) is 3.31. The number of hydrogen-bond donors (Lipinski definition) is 0. The zero-order valence-corrected chi connectivity index (χ0v) is 14.5. The van der Waals surface area contributed by atoms with Crippen LogP contribution in [-0.2, 0) is 0 Å². The van der Waals surface area contributed by atoms with Crippen molar-refractivity contribution in [1.82, 2.24) is 24.1 Å². The summed E-state index contributed by atoms with van der Waals surface area (Å²) in [5, 5.41) is 4.39. The highest BCUT2D eigenvalue weighted by Gasteiger charge is 2.26. The second-order valence-corrected chi connectivity index (χ2v) is 6.46. The molecule has 1 aliphatic heterocycles. The molecule has 26 heavy (non-hydrogen) atoms. The number of aromatic nitrogens is 3. The lowest BCUT2D eigenvalue weighted by atomic mass is 10.2. The first kappa shape index (κ1) is 16.5. The summed E-state index contributed by atoms with van der Waals surface area (Å²) in [5.41, 5.74) is 1.08. The monoisotopic (exact) mass is 353 g/mol. The molecule has 0 bridgehead atoms. The molecule has 0 spiro atoms. The summed E-state index contributed by atoms with van der Waals surface area (Å²) in [6, 6.07) is 9.96. The third-order valence-electron chi connectivity index (χ3n) is 4.67. The zero-order valence-electron chi connectivity index (χ0n) is 14.5. The van der Waals surface area contributed by atoms with E-state index < -0.39 is 0 Å². The minimum Gasteiger partial charge on any atom is -0.336 e. The van der Waals surface area contributed by atoms with Crippen molar-refractivity contribution in [1.29, 1.82) is 0 Å². The molecule has 1 aromatic carbocycles. The van der Waals surface area contributed by atoms with Crippen molar-refractivity contribution in [3.63, 3.8) is 0 Å². The molecule has 3 heterocycles. The predicted molar refractivity (Wildman–Crippen MR) is 96.2 cm³/mol. The molecule has 1 saturated heterocycles. The van der Waals surface area contributed by atoms with Gasteiger partial charge in [-0.25, -0.2) is 9.07 Å². The van der Waals surface area contributed by atoms with E-state index in [0.29, 0.717) is 30.2 Å². The van der Waals surface area contributed by atoms with Crippen LogP contribution in [-0.4, -0.2) is 63.3 Å². The Balaban J connectivity index is 1.77. The lowest BCUT2D eigenvalue weighted by Gasteiger charge is -2.32. The lowest BCUT2D eigenvalue weighted by molar-refractivity contribution is 0.0664. The highest BCUT2D eigenvalue weighted by atomic mass is 19.1. The van der Waals surface area contributed by atoms with E-state index in [2.05, 4.69) is 17.0 Å². The summed E-state index contributed by atoms with van der Waals surface area (Å²) < 4.78 is 17.1. The van der Waals surface area contributed by atoms with Gasteiger partial charge in [0.2, 0.25) is 0 Å². The van der Waals surface area contributed by atoms with Crippen molar-refractivity contribution >= 4 is 5.91 Å². The van der Waals surface area contributed by atoms with Crippen LogP contribution in [0.4, 0.5) is 4.39 Å². The molecule has 2 aromatic heterocycles. The fourth-order valence-corrected chi connectivity index (χ4v) is 3.19. The van der Waals surface area contributed by atoms with Crippen LogP contribution in [0, 0.1) is 5.82 Å². The SMILES string of the molecule is CN1CCN(C(=O)c2cnn(-c3cccc(F)c3)c2-n2cccc2)CC1. The minimum atomic E-state index is -0.344. The maximum atomic E-state index is 13.7. The van der Waals surface area contributed by atoms with Gasteiger partial charge in [0.1, 0.15) is 11.4 Å². The van der Waals surface area contributed by atoms with E-state index in [1.165, 1.54) is 12.1 Å². The molecule has 1 fully saturated rings. The summed E-state index contributed by atoms with van der Waals surface area (Å²) in [6.07, 6.45) is 5.28. The zero-order chi connectivity index (χ0) is 18.1. The molecule has 0 unspecified atom stereocenters. The summed E-state index contributed by atoms with van der Waals surface area (Å²) in [6.45, 7) is 3.07. The molecule has 3 aromatic rings. The van der Waals surface area contributed by atoms with Gasteiger partial charge >= 0.3 is 0 Å². The minimum absolute atomic E-state index is 0.0514. The number of piperazine rings is 1. The third-order valence-corrected chi connectivity index (χ3v) is 4.67. The Kier molecular flexibility index (Phi) is 4.30. The Morgan fingerprint density at radius 3 is 2.50 bits per heavy atom. The normalized spacial score (nSPS) is 15.4. The molecule has 1 amide bonds. The van der Waals surface area contributed by atoms with Gasteiger partial charge in [0, 0.05) is 38.6 Å². The number of nitrogens with zero attached hydrogens (tertiary/aromatic N) is 5. The summed E-state index contributed by atoms with van der Waals surface area (Å²) in [7, 11) is 2.05. The van der Waals surface area contributed by atoms with Crippen molar-refractivity contribution in [2.24, 2.45) is 0 Å². The third kappa shape index (κ3) is 3.01. The van der Waals surface area contributed by atoms with Gasteiger partial charge < -0.3 is 14.4 Å². The lowest BCUT2D eigenvalue weighted by Crippen LogP contribution is -2.47. The number of benzene rings is 1. The van der Waals surface area contributed by atoms with Crippen LogP contribution in [0.1, 0.15) is 10.4 Å². The van der Waals surface area contributed by atoms with Crippen molar-refractivity contribution in [2.45, 2.75) is 0 Å². The number of carbonyl (C=O) groups excluding carboxylic acids is 1. The van der Waals surface area contributed by atoms with E-state index in [9.17, 15) is 9.18 Å². The van der Waals surface area contributed by atoms with E-state index in [4.69, 9.17) is 0 Å². The molecule has 134 valence electrons. The number of hydrogen-bond acceptors (Lipinski definition) is 3. The molecule has 6 nitrogen and oxygen atoms in total. The first-order chi connectivity index (χ1) is 12.6. The number of halogens is 1. The Morgan fingerprint density at radius 1 is 1.08 bits per heavy atom. The van der Waals surface area contributed by atoms with Crippen molar-refractivity contribution in [2.75, 3.05) is 33.2 Å². The largest absolute Gasteiger partial charge is 0.336 e. The van der Waals surface area contributed by atoms with Gasteiger partial charge in [0.25, 0.3) is 5.91 Å². The van der Waals surface area contributed by atoms with E-state index >= 15 is 0 Å². The molecule has 1 aliphatic rings. The number of amides is 1. The van der Waals surface area contributed by atoms with Gasteiger partial charge in [0.15, 0.2) is 5.82 Å². The standard InChI is InChI=1S/C19H20FN5O/c1-22-9-11-24(12-10-22)19(26)17-14-21-25(16-6-4-5-15(20)13-16)18(17)23-7-2-3-8-23/h2-8,13-14H,9-12H2,1H3. The molecule has 4 rings (SSSR count). The smallest absolute Gasteiger partial charge is 0.259 e. The molecule has 7 heteroatoms. The quantitative estimate of drug-likeness (QED) is 0.725. The van der Waals surface area contributed by atoms with Crippen LogP contribution < -0.4 is 0 Å². The van der Waals surface area contributed by atoms with Gasteiger partial charge in [0.05, 0.1) is 11.9 Å². The average molecular weight is 353 g/mol. The Morgan fingerprint density at radius 2 is 1.81 bits per heavy atom. The van der Waals surface area contributed by atoms with E-state index in [1.807, 2.05) is 34.0 Å². The topological polar surface area (TPSA) is 46.3 Å². The van der Waals surface area contributed by atoms with Crippen LogP contribution in [0.3, 0.4) is 0 Å². The molecular weight excluding hydrogens is 333 g/mol. The van der Waals surface area contributed by atoms with Gasteiger partial charge in [-0.15, -0.1) is 0 Å². The fraction of sp³-hybridized carbons (Fsp3) is 0.263. The van der Waals surface area contributed by atoms with Crippen LogP contribution in [0.2, 0.25) is 0 Å². The van der Waals surface area contributed by atoms with Crippen LogP contribution in [0.25, 0.3) is 11.5 Å². The van der Waals surface area contributed by atoms with Gasteiger partial charge in [-0.1, -0.05) is 6.07 Å². The van der Waals surface area contributed by atoms with Crippen LogP contribution >= 0.6 is 0 Å². The van der Waals surface area contributed by atoms with E-state index in [1.54, 1.807) is 23.0 Å². The second kappa shape index (κ2) is 6.76. The highest BCUT2D eigenvalue weighted by Crippen LogP contribution is 2.22. The number of carbonyl (C=O) groups is 1. The second-order valence-electron chi connectivity index (χ2n) is 6.46. The maximum Gasteiger partial charge on any atom is 0.259 e. The molecule has 0 radical (unpaired) electrons. The fourth-order valence-electron chi connectivity index (χ4n) is 3.19. The van der Waals surface area contributed by atoms with Gasteiger partial charge in [-0.05, 0) is 37.4 Å². The van der Waals surface area contributed by atoms with Crippen LogP contribution in [0.5, 0.6) is 0 Å². The van der Waals surface area contributed by atoms with E-state index in [0.717, 1.165) is 13.1 Å². The van der Waals surface area contributed by atoms with E-state index in [-0.39, 0.29) is 11.7 Å². The van der Waals surface area contributed by atoms with Crippen molar-refractivity contribution < 1.29 is 9.18 Å². The number of rotatable bonds is 3. The predicted octanol–water partition coefficient (Wildman–Crippen LogP) is 2.19. The molecule has 0 atom stereocenters. The Hall–Kier alpha value is -2.93. The van der Waals surface area contributed by atoms with Gasteiger partial charge in [-0.2, -0.15) is 5.10 Å². The van der Waals surface area contributed by atoms with Crippen LogP contribution in [0.15, 0.2) is 55.0 Å². The molecule has 0 N–H and O–H groups in total. The number of likely N-dealkylation sites (N-methyl/N-ethyl adjacent to an activating group) is 1. The van der Waals surface area contributed by atoms with Crippen molar-refractivity contribution in [3.8, 4) is 11.5 Å². The summed E-state index contributed by atoms with van der Waals surface area (Å²) >= 11 is 0. The molecular formula is C19H20FN5O. The summed E-state index contributed by atoms with van der Waals surface area (Å²) in [5.74, 6) is 0.220. The Labute approximate surface area is 151 Å². The first-order valence-corrected chi connectivity index (χ1v) is 8.58. The van der Waals surface area contributed by atoms with Gasteiger partial charge in [-0.3, -0.25) is 4.79 Å².